The van der Waals surface area contributed by atoms with Crippen LogP contribution in [0.5, 0.6) is 0 Å². The summed E-state index contributed by atoms with van der Waals surface area (Å²) in [6.45, 7) is 3.62. The van der Waals surface area contributed by atoms with Gasteiger partial charge in [0.2, 0.25) is 0 Å². The third kappa shape index (κ3) is 2.64. The fourth-order valence-electron chi connectivity index (χ4n) is 2.26. The lowest BCUT2D eigenvalue weighted by Crippen LogP contribution is -2.48. The van der Waals surface area contributed by atoms with E-state index < -0.39 is 0 Å². The molecule has 1 saturated heterocycles. The Bertz CT molecular complexity index is 407. The molecule has 2 rings (SSSR count). The van der Waals surface area contributed by atoms with Crippen molar-refractivity contribution in [1.82, 2.24) is 4.90 Å². The summed E-state index contributed by atoms with van der Waals surface area (Å²) in [5, 5.41) is 2.41. The first-order valence-corrected chi connectivity index (χ1v) is 7.17. The van der Waals surface area contributed by atoms with Gasteiger partial charge in [0.05, 0.1) is 5.02 Å². The molecule has 2 N–H and O–H groups in total. The maximum absolute atomic E-state index is 12.3. The van der Waals surface area contributed by atoms with Crippen LogP contribution in [0.15, 0.2) is 11.4 Å². The van der Waals surface area contributed by atoms with Gasteiger partial charge in [-0.05, 0) is 23.8 Å². The summed E-state index contributed by atoms with van der Waals surface area (Å²) in [5.41, 5.74) is 6.04. The van der Waals surface area contributed by atoms with Crippen LogP contribution >= 0.6 is 22.9 Å². The van der Waals surface area contributed by atoms with Crippen molar-refractivity contribution in [3.8, 4) is 0 Å². The van der Waals surface area contributed by atoms with Crippen LogP contribution in [0.4, 0.5) is 0 Å². The summed E-state index contributed by atoms with van der Waals surface area (Å²) >= 11 is 7.40. The van der Waals surface area contributed by atoms with Gasteiger partial charge in [-0.25, -0.2) is 0 Å². The van der Waals surface area contributed by atoms with Crippen LogP contribution in [0, 0.1) is 5.92 Å². The molecular weight excluding hydrogens is 256 g/mol. The Hall–Kier alpha value is -0.580. The predicted molar refractivity (Wildman–Crippen MR) is 71.6 cm³/mol. The van der Waals surface area contributed by atoms with Gasteiger partial charge in [-0.3, -0.25) is 4.79 Å². The number of piperidine rings is 1. The Morgan fingerprint density at radius 2 is 2.47 bits per heavy atom. The lowest BCUT2D eigenvalue weighted by molar-refractivity contribution is 0.0654. The smallest absolute Gasteiger partial charge is 0.265 e. The Morgan fingerprint density at radius 3 is 3.06 bits per heavy atom. The van der Waals surface area contributed by atoms with Crippen molar-refractivity contribution in [1.29, 1.82) is 0 Å². The number of likely N-dealkylation sites (tertiary alicyclic amines) is 1. The van der Waals surface area contributed by atoms with E-state index in [1.165, 1.54) is 11.3 Å². The lowest BCUT2D eigenvalue weighted by Gasteiger charge is -2.36. The molecule has 2 unspecified atom stereocenters. The van der Waals surface area contributed by atoms with Crippen molar-refractivity contribution in [3.05, 3.63) is 21.3 Å². The Kier molecular flexibility index (Phi) is 4.07. The standard InChI is InChI=1S/C12H17ClN2OS/c1-2-8-7-15(5-3-10(8)14)12(16)11-9(13)4-6-17-11/h4,6,8,10H,2-3,5,7,14H2,1H3. The minimum absolute atomic E-state index is 0.0513. The van der Waals surface area contributed by atoms with Crippen LogP contribution in [0.2, 0.25) is 5.02 Å². The molecule has 1 fully saturated rings. The van der Waals surface area contributed by atoms with Gasteiger partial charge in [-0.1, -0.05) is 24.9 Å². The van der Waals surface area contributed by atoms with Crippen molar-refractivity contribution >= 4 is 28.8 Å². The van der Waals surface area contributed by atoms with Crippen LogP contribution in [0.1, 0.15) is 29.4 Å². The summed E-state index contributed by atoms with van der Waals surface area (Å²) in [5.74, 6) is 0.460. The van der Waals surface area contributed by atoms with Crippen LogP contribution in [-0.2, 0) is 0 Å². The van der Waals surface area contributed by atoms with E-state index in [0.29, 0.717) is 15.8 Å². The Labute approximate surface area is 111 Å². The summed E-state index contributed by atoms with van der Waals surface area (Å²) in [6.07, 6.45) is 1.90. The highest BCUT2D eigenvalue weighted by Crippen LogP contribution is 2.26. The molecule has 1 aliphatic heterocycles. The van der Waals surface area contributed by atoms with Gasteiger partial charge in [-0.2, -0.15) is 0 Å². The normalized spacial score (nSPS) is 25.0. The molecule has 2 atom stereocenters. The van der Waals surface area contributed by atoms with Crippen molar-refractivity contribution in [3.63, 3.8) is 0 Å². The number of nitrogens with zero attached hydrogens (tertiary/aromatic N) is 1. The molecule has 1 amide bonds. The SMILES string of the molecule is CCC1CN(C(=O)c2sccc2Cl)CCC1N. The third-order valence-corrected chi connectivity index (χ3v) is 4.75. The molecule has 2 heterocycles. The van der Waals surface area contributed by atoms with Crippen LogP contribution in [0.25, 0.3) is 0 Å². The Morgan fingerprint density at radius 1 is 1.71 bits per heavy atom. The quantitative estimate of drug-likeness (QED) is 0.900. The highest BCUT2D eigenvalue weighted by atomic mass is 35.5. The summed E-state index contributed by atoms with van der Waals surface area (Å²) < 4.78 is 0. The largest absolute Gasteiger partial charge is 0.338 e. The lowest BCUT2D eigenvalue weighted by atomic mass is 9.90. The zero-order valence-electron chi connectivity index (χ0n) is 9.86. The summed E-state index contributed by atoms with van der Waals surface area (Å²) in [4.78, 5) is 14.8. The number of thiophene rings is 1. The number of carbonyl (C=O) groups is 1. The summed E-state index contributed by atoms with van der Waals surface area (Å²) in [6, 6.07) is 2.00. The van der Waals surface area contributed by atoms with Gasteiger partial charge in [-0.15, -0.1) is 11.3 Å². The number of carbonyl (C=O) groups excluding carboxylic acids is 1. The first-order valence-electron chi connectivity index (χ1n) is 5.91. The maximum Gasteiger partial charge on any atom is 0.265 e. The Balaban J connectivity index is 2.09. The second kappa shape index (κ2) is 5.38. The first-order chi connectivity index (χ1) is 8.13. The minimum atomic E-state index is 0.0513. The second-order valence-corrected chi connectivity index (χ2v) is 5.79. The van der Waals surface area contributed by atoms with Crippen molar-refractivity contribution < 1.29 is 4.79 Å². The molecule has 3 nitrogen and oxygen atoms in total. The van der Waals surface area contributed by atoms with E-state index >= 15 is 0 Å². The fourth-order valence-corrected chi connectivity index (χ4v) is 3.36. The summed E-state index contributed by atoms with van der Waals surface area (Å²) in [7, 11) is 0. The molecule has 0 spiro atoms. The number of amides is 1. The zero-order valence-corrected chi connectivity index (χ0v) is 11.4. The maximum atomic E-state index is 12.3. The molecule has 5 heteroatoms. The molecule has 0 saturated carbocycles. The number of hydrogen-bond donors (Lipinski definition) is 1. The van der Waals surface area contributed by atoms with E-state index in [-0.39, 0.29) is 11.9 Å². The molecule has 0 aliphatic carbocycles. The van der Waals surface area contributed by atoms with Crippen LogP contribution < -0.4 is 5.73 Å². The molecular formula is C12H17ClN2OS. The highest BCUT2D eigenvalue weighted by molar-refractivity contribution is 7.12. The van der Waals surface area contributed by atoms with Crippen molar-refractivity contribution in [2.75, 3.05) is 13.1 Å². The van der Waals surface area contributed by atoms with Gasteiger partial charge in [0.25, 0.3) is 5.91 Å². The van der Waals surface area contributed by atoms with Crippen LogP contribution in [-0.4, -0.2) is 29.9 Å². The fraction of sp³-hybridized carbons (Fsp3) is 0.583. The average Bonchev–Trinajstić information content (AvgIpc) is 2.75. The van der Waals surface area contributed by atoms with E-state index in [2.05, 4.69) is 6.92 Å². The van der Waals surface area contributed by atoms with Crippen molar-refractivity contribution in [2.24, 2.45) is 11.7 Å². The molecule has 1 aliphatic rings. The first kappa shape index (κ1) is 12.9. The van der Waals surface area contributed by atoms with Gasteiger partial charge in [0.1, 0.15) is 4.88 Å². The number of hydrogen-bond acceptors (Lipinski definition) is 3. The van der Waals surface area contributed by atoms with E-state index in [1.807, 2.05) is 10.3 Å². The molecule has 0 radical (unpaired) electrons. The van der Waals surface area contributed by atoms with Gasteiger partial charge in [0.15, 0.2) is 0 Å². The molecule has 17 heavy (non-hydrogen) atoms. The van der Waals surface area contributed by atoms with Crippen LogP contribution in [0.3, 0.4) is 0 Å². The topological polar surface area (TPSA) is 46.3 Å². The van der Waals surface area contributed by atoms with E-state index in [4.69, 9.17) is 17.3 Å². The highest BCUT2D eigenvalue weighted by Gasteiger charge is 2.29. The van der Waals surface area contributed by atoms with E-state index in [1.54, 1.807) is 6.07 Å². The number of nitrogens with two attached hydrogens (primary N) is 1. The average molecular weight is 273 g/mol. The van der Waals surface area contributed by atoms with Crippen molar-refractivity contribution in [2.45, 2.75) is 25.8 Å². The van der Waals surface area contributed by atoms with E-state index in [0.717, 1.165) is 25.9 Å². The molecule has 0 aromatic carbocycles. The molecule has 94 valence electrons. The zero-order chi connectivity index (χ0) is 12.4. The number of rotatable bonds is 2. The molecule has 0 bridgehead atoms. The minimum Gasteiger partial charge on any atom is -0.338 e. The van der Waals surface area contributed by atoms with Gasteiger partial charge in [0, 0.05) is 19.1 Å². The number of halogens is 1. The van der Waals surface area contributed by atoms with Gasteiger partial charge < -0.3 is 10.6 Å². The van der Waals surface area contributed by atoms with E-state index in [9.17, 15) is 4.79 Å². The second-order valence-electron chi connectivity index (χ2n) is 4.47. The molecule has 1 aromatic heterocycles. The van der Waals surface area contributed by atoms with Gasteiger partial charge >= 0.3 is 0 Å². The predicted octanol–water partition coefficient (Wildman–Crippen LogP) is 2.60. The third-order valence-electron chi connectivity index (χ3n) is 3.42. The monoisotopic (exact) mass is 272 g/mol. The molecule has 1 aromatic rings.